The minimum Gasteiger partial charge on any atom is -0.478 e. The van der Waals surface area contributed by atoms with E-state index in [1.54, 1.807) is 0 Å². The second-order valence-corrected chi connectivity index (χ2v) is 10.4. The number of hydrogen-bond donors (Lipinski definition) is 2. The average molecular weight is 581 g/mol. The van der Waals surface area contributed by atoms with Crippen LogP contribution < -0.4 is 0 Å². The number of ether oxygens (including phenoxy) is 4. The van der Waals surface area contributed by atoms with Gasteiger partial charge >= 0.3 is 23.9 Å². The molecular weight excluding hydrogens is 528 g/mol. The SMILES string of the molecule is CCCCCCCOC(COC(=O)c1ccc(C(=O)O)cc1C(=O)O)(OCCCCCCC)OCCCCCCC. The van der Waals surface area contributed by atoms with E-state index in [0.29, 0.717) is 19.8 Å². The molecule has 0 saturated heterocycles. The van der Waals surface area contributed by atoms with Gasteiger partial charge in [0.05, 0.1) is 36.5 Å². The number of hydrogen-bond acceptors (Lipinski definition) is 7. The van der Waals surface area contributed by atoms with Gasteiger partial charge in [-0.1, -0.05) is 97.8 Å². The first-order valence-corrected chi connectivity index (χ1v) is 15.5. The van der Waals surface area contributed by atoms with Crippen LogP contribution >= 0.6 is 0 Å². The van der Waals surface area contributed by atoms with E-state index in [0.717, 1.165) is 108 Å². The van der Waals surface area contributed by atoms with Crippen LogP contribution in [0.4, 0.5) is 0 Å². The van der Waals surface area contributed by atoms with Crippen molar-refractivity contribution < 1.29 is 43.5 Å². The Morgan fingerprint density at radius 2 is 1.05 bits per heavy atom. The second kappa shape index (κ2) is 22.2. The predicted octanol–water partition coefficient (Wildman–Crippen LogP) is 7.85. The minimum absolute atomic E-state index is 0.238. The summed E-state index contributed by atoms with van der Waals surface area (Å²) in [6, 6.07) is 3.26. The van der Waals surface area contributed by atoms with Crippen LogP contribution in [-0.2, 0) is 18.9 Å². The molecule has 0 heterocycles. The fraction of sp³-hybridized carbons (Fsp3) is 0.719. The molecule has 0 aliphatic heterocycles. The molecule has 0 amide bonds. The zero-order chi connectivity index (χ0) is 30.3. The molecule has 0 bridgehead atoms. The van der Waals surface area contributed by atoms with Gasteiger partial charge in [-0.05, 0) is 37.5 Å². The van der Waals surface area contributed by atoms with Crippen LogP contribution in [0.3, 0.4) is 0 Å². The standard InChI is InChI=1S/C32H52O9/c1-4-7-10-13-16-21-39-32(40-22-17-14-11-8-5-2,41-23-18-15-12-9-6-3)25-38-31(37)27-20-19-26(29(33)34)24-28(27)30(35)36/h19-20,24H,4-18,21-23,25H2,1-3H3,(H,33,34)(H,35,36). The van der Waals surface area contributed by atoms with Crippen LogP contribution in [0.15, 0.2) is 18.2 Å². The van der Waals surface area contributed by atoms with Crippen LogP contribution in [0.5, 0.6) is 0 Å². The number of carbonyl (C=O) groups excluding carboxylic acids is 1. The minimum atomic E-state index is -1.61. The Balaban J connectivity index is 3.05. The lowest BCUT2D eigenvalue weighted by molar-refractivity contribution is -0.391. The molecule has 1 aromatic carbocycles. The summed E-state index contributed by atoms with van der Waals surface area (Å²) in [4.78, 5) is 36.1. The number of carboxylic acids is 2. The molecule has 0 atom stereocenters. The zero-order valence-corrected chi connectivity index (χ0v) is 25.4. The van der Waals surface area contributed by atoms with Crippen LogP contribution in [0, 0.1) is 0 Å². The van der Waals surface area contributed by atoms with Gasteiger partial charge in [0.25, 0.3) is 0 Å². The van der Waals surface area contributed by atoms with Gasteiger partial charge in [0.1, 0.15) is 0 Å². The van der Waals surface area contributed by atoms with Crippen molar-refractivity contribution in [2.75, 3.05) is 26.4 Å². The van der Waals surface area contributed by atoms with E-state index in [9.17, 15) is 24.6 Å². The molecule has 0 aliphatic carbocycles. The number of carbonyl (C=O) groups is 3. The maximum atomic E-state index is 13.0. The number of benzene rings is 1. The molecule has 0 aromatic heterocycles. The zero-order valence-electron chi connectivity index (χ0n) is 25.4. The maximum absolute atomic E-state index is 13.0. The van der Waals surface area contributed by atoms with Crippen molar-refractivity contribution in [3.8, 4) is 0 Å². The van der Waals surface area contributed by atoms with Gasteiger partial charge in [0.2, 0.25) is 0 Å². The molecule has 0 radical (unpaired) electrons. The molecule has 0 saturated carbocycles. The summed E-state index contributed by atoms with van der Waals surface area (Å²) in [7, 11) is 0. The van der Waals surface area contributed by atoms with Crippen molar-refractivity contribution in [2.24, 2.45) is 0 Å². The maximum Gasteiger partial charge on any atom is 0.339 e. The first-order valence-electron chi connectivity index (χ1n) is 15.5. The summed E-state index contributed by atoms with van der Waals surface area (Å²) >= 11 is 0. The molecule has 9 nitrogen and oxygen atoms in total. The Kier molecular flexibility index (Phi) is 19.7. The van der Waals surface area contributed by atoms with Gasteiger partial charge in [-0.25, -0.2) is 14.4 Å². The molecular formula is C32H52O9. The quantitative estimate of drug-likeness (QED) is 0.0639. The van der Waals surface area contributed by atoms with E-state index in [1.165, 1.54) is 6.07 Å². The topological polar surface area (TPSA) is 129 Å². The van der Waals surface area contributed by atoms with Crippen molar-refractivity contribution in [3.63, 3.8) is 0 Å². The Hall–Kier alpha value is -2.49. The number of aromatic carboxylic acids is 2. The number of rotatable bonds is 26. The number of carboxylic acid groups (broad SMARTS) is 2. The molecule has 0 spiro atoms. The summed E-state index contributed by atoms with van der Waals surface area (Å²) in [6.45, 7) is 7.17. The Morgan fingerprint density at radius 1 is 0.610 bits per heavy atom. The van der Waals surface area contributed by atoms with Gasteiger partial charge in [0, 0.05) is 0 Å². The summed E-state index contributed by atoms with van der Waals surface area (Å²) in [5, 5.41) is 18.8. The molecule has 2 N–H and O–H groups in total. The average Bonchev–Trinajstić information content (AvgIpc) is 2.96. The van der Waals surface area contributed by atoms with Crippen molar-refractivity contribution in [2.45, 2.75) is 123 Å². The fourth-order valence-corrected chi connectivity index (χ4v) is 4.31. The highest BCUT2D eigenvalue weighted by molar-refractivity contribution is 6.04. The van der Waals surface area contributed by atoms with Crippen molar-refractivity contribution in [1.82, 2.24) is 0 Å². The van der Waals surface area contributed by atoms with Crippen LogP contribution in [0.2, 0.25) is 0 Å². The lowest BCUT2D eigenvalue weighted by Gasteiger charge is -2.33. The predicted molar refractivity (Wildman–Crippen MR) is 158 cm³/mol. The van der Waals surface area contributed by atoms with E-state index in [2.05, 4.69) is 20.8 Å². The monoisotopic (exact) mass is 580 g/mol. The third-order valence-electron chi connectivity index (χ3n) is 6.81. The second-order valence-electron chi connectivity index (χ2n) is 10.4. The first-order chi connectivity index (χ1) is 19.8. The third-order valence-corrected chi connectivity index (χ3v) is 6.81. The van der Waals surface area contributed by atoms with E-state index in [4.69, 9.17) is 18.9 Å². The third kappa shape index (κ3) is 15.3. The highest BCUT2D eigenvalue weighted by Gasteiger charge is 2.36. The van der Waals surface area contributed by atoms with E-state index < -0.39 is 29.4 Å². The van der Waals surface area contributed by atoms with Crippen LogP contribution in [0.1, 0.15) is 148 Å². The first kappa shape index (κ1) is 36.5. The molecule has 234 valence electrons. The Labute approximate surface area is 245 Å². The molecule has 0 unspecified atom stereocenters. The lowest BCUT2D eigenvalue weighted by Crippen LogP contribution is -2.45. The summed E-state index contributed by atoms with van der Waals surface area (Å²) in [6.07, 6.45) is 15.5. The largest absolute Gasteiger partial charge is 0.478 e. The van der Waals surface area contributed by atoms with Gasteiger partial charge in [-0.15, -0.1) is 0 Å². The summed E-state index contributed by atoms with van der Waals surface area (Å²) in [5.74, 6) is -5.26. The van der Waals surface area contributed by atoms with Gasteiger partial charge in [-0.3, -0.25) is 0 Å². The van der Waals surface area contributed by atoms with Gasteiger partial charge in [0.15, 0.2) is 6.61 Å². The molecule has 9 heteroatoms. The van der Waals surface area contributed by atoms with Crippen molar-refractivity contribution in [3.05, 3.63) is 34.9 Å². The van der Waals surface area contributed by atoms with Crippen LogP contribution in [-0.4, -0.2) is 60.5 Å². The molecule has 0 fully saturated rings. The van der Waals surface area contributed by atoms with Gasteiger partial charge < -0.3 is 29.2 Å². The molecule has 41 heavy (non-hydrogen) atoms. The number of unbranched alkanes of at least 4 members (excludes halogenated alkanes) is 12. The van der Waals surface area contributed by atoms with E-state index in [-0.39, 0.29) is 17.7 Å². The summed E-state index contributed by atoms with van der Waals surface area (Å²) in [5.41, 5.74) is -0.946. The Morgan fingerprint density at radius 3 is 1.44 bits per heavy atom. The molecule has 1 rings (SSSR count). The Bertz CT molecular complexity index is 843. The highest BCUT2D eigenvalue weighted by Crippen LogP contribution is 2.22. The van der Waals surface area contributed by atoms with E-state index in [1.807, 2.05) is 0 Å². The lowest BCUT2D eigenvalue weighted by atomic mass is 10.0. The van der Waals surface area contributed by atoms with Crippen molar-refractivity contribution >= 4 is 17.9 Å². The summed E-state index contributed by atoms with van der Waals surface area (Å²) < 4.78 is 24.0. The van der Waals surface area contributed by atoms with E-state index >= 15 is 0 Å². The number of esters is 1. The van der Waals surface area contributed by atoms with Crippen LogP contribution in [0.25, 0.3) is 0 Å². The normalized spacial score (nSPS) is 11.5. The van der Waals surface area contributed by atoms with Gasteiger partial charge in [-0.2, -0.15) is 0 Å². The highest BCUT2D eigenvalue weighted by atomic mass is 16.9. The van der Waals surface area contributed by atoms with Crippen molar-refractivity contribution in [1.29, 1.82) is 0 Å². The molecule has 0 aliphatic rings. The fourth-order valence-electron chi connectivity index (χ4n) is 4.31. The smallest absolute Gasteiger partial charge is 0.339 e. The molecule has 1 aromatic rings.